The van der Waals surface area contributed by atoms with Gasteiger partial charge in [0.25, 0.3) is 0 Å². The van der Waals surface area contributed by atoms with E-state index in [9.17, 15) is 0 Å². The summed E-state index contributed by atoms with van der Waals surface area (Å²) in [4.78, 5) is 2.53. The summed E-state index contributed by atoms with van der Waals surface area (Å²) in [5.74, 6) is 0.944. The lowest BCUT2D eigenvalue weighted by atomic mass is 10.1. The van der Waals surface area contributed by atoms with Crippen molar-refractivity contribution in [1.82, 2.24) is 15.4 Å². The molecule has 1 aromatic heterocycles. The fourth-order valence-corrected chi connectivity index (χ4v) is 2.42. The largest absolute Gasteiger partial charge is 0.360 e. The van der Waals surface area contributed by atoms with Crippen molar-refractivity contribution in [2.75, 3.05) is 19.6 Å². The Balaban J connectivity index is 1.75. The molecule has 1 N–H and O–H groups in total. The molecule has 4 heteroatoms. The second-order valence-electron chi connectivity index (χ2n) is 4.88. The molecular formula is C13H23N3O. The predicted molar refractivity (Wildman–Crippen MR) is 67.8 cm³/mol. The number of rotatable bonds is 4. The van der Waals surface area contributed by atoms with E-state index in [0.717, 1.165) is 18.0 Å². The summed E-state index contributed by atoms with van der Waals surface area (Å²) in [6, 6.07) is 2.62. The minimum Gasteiger partial charge on any atom is -0.360 e. The molecule has 1 unspecified atom stereocenters. The van der Waals surface area contributed by atoms with E-state index in [1.807, 2.05) is 13.0 Å². The van der Waals surface area contributed by atoms with Crippen molar-refractivity contribution in [3.63, 3.8) is 0 Å². The van der Waals surface area contributed by atoms with Gasteiger partial charge in [0.15, 0.2) is 5.76 Å². The van der Waals surface area contributed by atoms with E-state index in [-0.39, 0.29) is 0 Å². The number of hydrogen-bond acceptors (Lipinski definition) is 4. The minimum atomic E-state index is 0.622. The van der Waals surface area contributed by atoms with Crippen LogP contribution < -0.4 is 5.32 Å². The summed E-state index contributed by atoms with van der Waals surface area (Å²) in [5.41, 5.74) is 0.958. The maximum absolute atomic E-state index is 5.21. The summed E-state index contributed by atoms with van der Waals surface area (Å²) < 4.78 is 5.21. The van der Waals surface area contributed by atoms with Gasteiger partial charge in [-0.15, -0.1) is 0 Å². The molecule has 0 spiro atoms. The first kappa shape index (κ1) is 12.6. The van der Waals surface area contributed by atoms with Gasteiger partial charge in [-0.25, -0.2) is 0 Å². The Morgan fingerprint density at radius 1 is 1.47 bits per heavy atom. The van der Waals surface area contributed by atoms with Crippen LogP contribution in [0.1, 0.15) is 37.6 Å². The summed E-state index contributed by atoms with van der Waals surface area (Å²) in [6.45, 7) is 8.63. The van der Waals surface area contributed by atoms with Crippen molar-refractivity contribution in [3.8, 4) is 0 Å². The number of hydrogen-bond donors (Lipinski definition) is 1. The fourth-order valence-electron chi connectivity index (χ4n) is 2.42. The highest BCUT2D eigenvalue weighted by atomic mass is 16.5. The van der Waals surface area contributed by atoms with Gasteiger partial charge >= 0.3 is 0 Å². The highest BCUT2D eigenvalue weighted by Crippen LogP contribution is 2.11. The molecule has 17 heavy (non-hydrogen) atoms. The number of nitrogens with one attached hydrogen (secondary N) is 1. The Hall–Kier alpha value is -0.870. The molecular weight excluding hydrogens is 214 g/mol. The van der Waals surface area contributed by atoms with Gasteiger partial charge in [-0.3, -0.25) is 0 Å². The fraction of sp³-hybridized carbons (Fsp3) is 0.769. The smallest absolute Gasteiger partial charge is 0.150 e. The Bertz CT molecular complexity index is 337. The first-order valence-corrected chi connectivity index (χ1v) is 6.66. The van der Waals surface area contributed by atoms with Gasteiger partial charge in [0.2, 0.25) is 0 Å². The first-order valence-electron chi connectivity index (χ1n) is 6.66. The van der Waals surface area contributed by atoms with E-state index >= 15 is 0 Å². The van der Waals surface area contributed by atoms with Gasteiger partial charge in [0, 0.05) is 12.1 Å². The zero-order chi connectivity index (χ0) is 12.1. The van der Waals surface area contributed by atoms with Crippen molar-refractivity contribution in [1.29, 1.82) is 0 Å². The number of nitrogens with zero attached hydrogens (tertiary/aromatic N) is 2. The molecule has 2 heterocycles. The van der Waals surface area contributed by atoms with Crippen molar-refractivity contribution in [2.45, 2.75) is 45.7 Å². The lowest BCUT2D eigenvalue weighted by Crippen LogP contribution is -2.30. The number of aryl methyl sites for hydroxylation is 1. The lowest BCUT2D eigenvalue weighted by molar-refractivity contribution is 0.295. The van der Waals surface area contributed by atoms with Gasteiger partial charge in [0.1, 0.15) is 0 Å². The topological polar surface area (TPSA) is 41.3 Å². The molecule has 0 aliphatic carbocycles. The number of likely N-dealkylation sites (tertiary alicyclic amines) is 1. The van der Waals surface area contributed by atoms with E-state index < -0.39 is 0 Å². The third kappa shape index (κ3) is 3.82. The quantitative estimate of drug-likeness (QED) is 0.869. The van der Waals surface area contributed by atoms with Crippen LogP contribution in [0.15, 0.2) is 10.6 Å². The molecule has 1 aliphatic heterocycles. The average Bonchev–Trinajstić information content (AvgIpc) is 2.63. The van der Waals surface area contributed by atoms with Crippen molar-refractivity contribution < 1.29 is 4.52 Å². The second-order valence-corrected chi connectivity index (χ2v) is 4.88. The van der Waals surface area contributed by atoms with Crippen LogP contribution >= 0.6 is 0 Å². The van der Waals surface area contributed by atoms with Crippen LogP contribution in [-0.2, 0) is 6.54 Å². The normalized spacial score (nSPS) is 22.6. The van der Waals surface area contributed by atoms with Crippen molar-refractivity contribution >= 4 is 0 Å². The van der Waals surface area contributed by atoms with Crippen LogP contribution in [-0.4, -0.2) is 35.7 Å². The zero-order valence-electron chi connectivity index (χ0n) is 10.9. The van der Waals surface area contributed by atoms with Crippen LogP contribution in [0, 0.1) is 6.92 Å². The van der Waals surface area contributed by atoms with Gasteiger partial charge in [0.05, 0.1) is 12.2 Å². The summed E-state index contributed by atoms with van der Waals surface area (Å²) in [7, 11) is 0. The van der Waals surface area contributed by atoms with Gasteiger partial charge in [-0.1, -0.05) is 12.1 Å². The molecule has 1 aliphatic rings. The third-order valence-corrected chi connectivity index (χ3v) is 3.51. The molecule has 0 aromatic carbocycles. The first-order chi connectivity index (χ1) is 8.28. The Morgan fingerprint density at radius 3 is 3.06 bits per heavy atom. The van der Waals surface area contributed by atoms with Crippen LogP contribution in [0.2, 0.25) is 0 Å². The van der Waals surface area contributed by atoms with E-state index in [0.29, 0.717) is 6.04 Å². The van der Waals surface area contributed by atoms with E-state index in [2.05, 4.69) is 22.3 Å². The maximum Gasteiger partial charge on any atom is 0.150 e. The molecule has 0 saturated carbocycles. The van der Waals surface area contributed by atoms with Crippen molar-refractivity contribution in [2.24, 2.45) is 0 Å². The maximum atomic E-state index is 5.21. The number of aromatic nitrogens is 1. The van der Waals surface area contributed by atoms with Crippen LogP contribution in [0.3, 0.4) is 0 Å². The monoisotopic (exact) mass is 237 g/mol. The SMILES string of the molecule is CCN1CCCC(NCc2cc(C)no2)CC1. The molecule has 1 saturated heterocycles. The van der Waals surface area contributed by atoms with E-state index in [1.165, 1.54) is 38.9 Å². The van der Waals surface area contributed by atoms with E-state index in [1.54, 1.807) is 0 Å². The van der Waals surface area contributed by atoms with E-state index in [4.69, 9.17) is 4.52 Å². The van der Waals surface area contributed by atoms with Crippen LogP contribution in [0.5, 0.6) is 0 Å². The highest BCUT2D eigenvalue weighted by Gasteiger charge is 2.15. The standard InChI is InChI=1S/C13H23N3O/c1-3-16-7-4-5-12(6-8-16)14-10-13-9-11(2)15-17-13/h9,12,14H,3-8,10H2,1-2H3. The third-order valence-electron chi connectivity index (χ3n) is 3.51. The van der Waals surface area contributed by atoms with Crippen molar-refractivity contribution in [3.05, 3.63) is 17.5 Å². The second kappa shape index (κ2) is 6.17. The zero-order valence-corrected chi connectivity index (χ0v) is 10.9. The Morgan fingerprint density at radius 2 is 2.35 bits per heavy atom. The molecule has 4 nitrogen and oxygen atoms in total. The average molecular weight is 237 g/mol. The summed E-state index contributed by atoms with van der Waals surface area (Å²) in [6.07, 6.45) is 3.80. The predicted octanol–water partition coefficient (Wildman–Crippen LogP) is 1.95. The molecule has 0 amide bonds. The van der Waals surface area contributed by atoms with Crippen LogP contribution in [0.4, 0.5) is 0 Å². The molecule has 1 fully saturated rings. The Labute approximate surface area is 103 Å². The lowest BCUT2D eigenvalue weighted by Gasteiger charge is -2.17. The molecule has 1 aromatic rings. The summed E-state index contributed by atoms with van der Waals surface area (Å²) in [5, 5.41) is 7.48. The Kier molecular flexibility index (Phi) is 4.57. The summed E-state index contributed by atoms with van der Waals surface area (Å²) >= 11 is 0. The molecule has 2 rings (SSSR count). The molecule has 0 radical (unpaired) electrons. The van der Waals surface area contributed by atoms with Gasteiger partial charge in [-0.2, -0.15) is 0 Å². The van der Waals surface area contributed by atoms with Gasteiger partial charge < -0.3 is 14.7 Å². The van der Waals surface area contributed by atoms with Gasteiger partial charge in [-0.05, 0) is 45.8 Å². The van der Waals surface area contributed by atoms with Crippen LogP contribution in [0.25, 0.3) is 0 Å². The minimum absolute atomic E-state index is 0.622. The molecule has 0 bridgehead atoms. The molecule has 1 atom stereocenters. The highest BCUT2D eigenvalue weighted by molar-refractivity contribution is 5.02. The molecule has 96 valence electrons.